The summed E-state index contributed by atoms with van der Waals surface area (Å²) >= 11 is 0. The van der Waals surface area contributed by atoms with Gasteiger partial charge in [-0.15, -0.1) is 0 Å². The molecule has 38 heavy (non-hydrogen) atoms. The molecule has 1 heterocycles. The Labute approximate surface area is 226 Å². The van der Waals surface area contributed by atoms with E-state index in [0.717, 1.165) is 30.4 Å². The van der Waals surface area contributed by atoms with Crippen LogP contribution in [0.15, 0.2) is 47.4 Å². The number of nitrogens with one attached hydrogen (secondary N) is 2. The van der Waals surface area contributed by atoms with Gasteiger partial charge in [0.25, 0.3) is 0 Å². The number of carbonyl (C=O) groups is 1. The van der Waals surface area contributed by atoms with Gasteiger partial charge in [0.05, 0.1) is 23.8 Å². The molecule has 0 fully saturated rings. The first-order valence-electron chi connectivity index (χ1n) is 13.1. The highest BCUT2D eigenvalue weighted by atomic mass is 32.2. The van der Waals surface area contributed by atoms with Gasteiger partial charge in [0.2, 0.25) is 5.91 Å². The van der Waals surface area contributed by atoms with Gasteiger partial charge in [-0.1, -0.05) is 57.0 Å². The van der Waals surface area contributed by atoms with Gasteiger partial charge < -0.3 is 10.1 Å². The van der Waals surface area contributed by atoms with Gasteiger partial charge in [0.15, 0.2) is 9.84 Å². The summed E-state index contributed by atoms with van der Waals surface area (Å²) in [5.74, 6) is 0.594. The van der Waals surface area contributed by atoms with Gasteiger partial charge in [-0.2, -0.15) is 9.59 Å². The molecule has 8 nitrogen and oxygen atoms in total. The number of carbonyl (C=O) groups excluding carboxylic acids is 3. The van der Waals surface area contributed by atoms with E-state index in [9.17, 15) is 13.2 Å². The molecule has 0 bridgehead atoms. The van der Waals surface area contributed by atoms with E-state index in [1.54, 1.807) is 13.2 Å². The highest BCUT2D eigenvalue weighted by Crippen LogP contribution is 2.41. The van der Waals surface area contributed by atoms with Crippen LogP contribution in [0.4, 0.5) is 0 Å². The zero-order valence-electron chi connectivity index (χ0n) is 23.0. The summed E-state index contributed by atoms with van der Waals surface area (Å²) in [5, 5.41) is 6.68. The minimum absolute atomic E-state index is 0.0481. The second-order valence-electron chi connectivity index (χ2n) is 9.99. The van der Waals surface area contributed by atoms with Gasteiger partial charge in [-0.3, -0.25) is 10.1 Å². The normalized spacial score (nSPS) is 19.8. The van der Waals surface area contributed by atoms with E-state index in [4.69, 9.17) is 14.3 Å². The van der Waals surface area contributed by atoms with Crippen molar-refractivity contribution in [3.8, 4) is 5.75 Å². The lowest BCUT2D eigenvalue weighted by Crippen LogP contribution is -2.50. The summed E-state index contributed by atoms with van der Waals surface area (Å²) in [6.07, 6.45) is 4.38. The van der Waals surface area contributed by atoms with Crippen LogP contribution in [0.2, 0.25) is 0 Å². The average Bonchev–Trinajstić information content (AvgIpc) is 2.98. The van der Waals surface area contributed by atoms with Crippen molar-refractivity contribution in [1.82, 2.24) is 10.6 Å². The first-order chi connectivity index (χ1) is 18.1. The summed E-state index contributed by atoms with van der Waals surface area (Å²) < 4.78 is 33.5. The van der Waals surface area contributed by atoms with Gasteiger partial charge in [-0.05, 0) is 61.9 Å². The zero-order chi connectivity index (χ0) is 28.3. The summed E-state index contributed by atoms with van der Waals surface area (Å²) in [6, 6.07) is 13.4. The highest BCUT2D eigenvalue weighted by Gasteiger charge is 2.42. The first-order valence-corrected chi connectivity index (χ1v) is 14.8. The Hall–Kier alpha value is -3.00. The number of fused-ring (bicyclic) bond motifs is 1. The minimum Gasteiger partial charge on any atom is -0.496 e. The Bertz CT molecular complexity index is 1210. The molecule has 9 heteroatoms. The van der Waals surface area contributed by atoms with Gasteiger partial charge in [0.1, 0.15) is 5.75 Å². The van der Waals surface area contributed by atoms with Crippen molar-refractivity contribution in [2.45, 2.75) is 88.7 Å². The molecule has 0 saturated heterocycles. The monoisotopic (exact) mass is 544 g/mol. The molecule has 2 aromatic rings. The molecule has 208 valence electrons. The summed E-state index contributed by atoms with van der Waals surface area (Å²) in [6.45, 7) is 8.03. The molecule has 1 aliphatic heterocycles. The number of aryl methyl sites for hydroxylation is 1. The van der Waals surface area contributed by atoms with Crippen LogP contribution in [-0.2, 0) is 30.6 Å². The molecule has 0 spiro atoms. The fraction of sp³-hybridized carbons (Fsp3) is 0.517. The fourth-order valence-electron chi connectivity index (χ4n) is 4.96. The Balaban J connectivity index is 0.00000161. The Morgan fingerprint density at radius 2 is 1.84 bits per heavy atom. The van der Waals surface area contributed by atoms with Crippen LogP contribution < -0.4 is 15.4 Å². The maximum Gasteiger partial charge on any atom is 0.373 e. The lowest BCUT2D eigenvalue weighted by atomic mass is 9.87. The molecule has 2 atom stereocenters. The zero-order valence-corrected chi connectivity index (χ0v) is 23.8. The van der Waals surface area contributed by atoms with E-state index in [1.165, 1.54) is 0 Å². The molecule has 0 saturated carbocycles. The van der Waals surface area contributed by atoms with Gasteiger partial charge in [-0.25, -0.2) is 8.42 Å². The van der Waals surface area contributed by atoms with E-state index in [-0.39, 0.29) is 36.3 Å². The van der Waals surface area contributed by atoms with Crippen molar-refractivity contribution < 1.29 is 27.5 Å². The first kappa shape index (κ1) is 31.2. The lowest BCUT2D eigenvalue weighted by Gasteiger charge is -2.36. The summed E-state index contributed by atoms with van der Waals surface area (Å²) in [5.41, 5.74) is 1.93. The van der Waals surface area contributed by atoms with Crippen LogP contribution in [0.5, 0.6) is 5.75 Å². The average molecular weight is 545 g/mol. The number of sulfone groups is 1. The fourth-order valence-corrected chi connectivity index (χ4v) is 7.13. The van der Waals surface area contributed by atoms with Gasteiger partial charge >= 0.3 is 6.15 Å². The van der Waals surface area contributed by atoms with Crippen molar-refractivity contribution in [2.24, 2.45) is 0 Å². The second-order valence-corrected chi connectivity index (χ2v) is 11.9. The number of benzene rings is 2. The van der Waals surface area contributed by atoms with Crippen molar-refractivity contribution in [2.75, 3.05) is 12.9 Å². The molecular weight excluding hydrogens is 504 g/mol. The third kappa shape index (κ3) is 8.00. The van der Waals surface area contributed by atoms with Crippen LogP contribution in [-0.4, -0.2) is 44.9 Å². The summed E-state index contributed by atoms with van der Waals surface area (Å²) in [7, 11) is -2.00. The number of methoxy groups -OCH3 is 1. The topological polar surface area (TPSA) is 119 Å². The van der Waals surface area contributed by atoms with Crippen LogP contribution in [0.25, 0.3) is 0 Å². The Kier molecular flexibility index (Phi) is 11.7. The predicted molar refractivity (Wildman–Crippen MR) is 146 cm³/mol. The number of rotatable bonds is 10. The van der Waals surface area contributed by atoms with Crippen molar-refractivity contribution >= 4 is 21.9 Å². The number of amides is 1. The maximum atomic E-state index is 13.9. The number of ether oxygens (including phenoxy) is 1. The Morgan fingerprint density at radius 1 is 1.18 bits per heavy atom. The lowest BCUT2D eigenvalue weighted by molar-refractivity contribution is -0.191. The number of hydrogen-bond acceptors (Lipinski definition) is 7. The van der Waals surface area contributed by atoms with E-state index in [1.807, 2.05) is 50.2 Å². The molecule has 3 rings (SSSR count). The molecular formula is C29H40N2O6S. The van der Waals surface area contributed by atoms with E-state index in [0.29, 0.717) is 29.1 Å². The quantitative estimate of drug-likeness (QED) is 0.456. The molecule has 0 radical (unpaired) electrons. The SMILES string of the molecule is CCCC[C@]1(CC)CS(=O)(=O)c2cc(CCC(=O)NC(C)C)c(OC)cc2[C@@H](c2ccccc2)N1.O=C=O. The van der Waals surface area contributed by atoms with Crippen LogP contribution in [0.1, 0.15) is 82.5 Å². The second kappa shape index (κ2) is 14.2. The largest absolute Gasteiger partial charge is 0.496 e. The molecule has 2 N–H and O–H groups in total. The summed E-state index contributed by atoms with van der Waals surface area (Å²) in [4.78, 5) is 28.9. The van der Waals surface area contributed by atoms with E-state index in [2.05, 4.69) is 24.5 Å². The molecule has 0 aliphatic carbocycles. The standard InChI is InChI=1S/C28H40N2O4S.CO2/c1-6-8-16-28(7-2)19-35(32,33)25-17-22(14-15-26(31)29-20(3)4)24(34-5)18-23(25)27(30-28)21-12-10-9-11-13-21;2-1-3/h9-13,17-18,20,27,30H,6-8,14-16,19H2,1-5H3,(H,29,31);/t27-,28-;/m1./s1. The Morgan fingerprint density at radius 3 is 2.39 bits per heavy atom. The smallest absolute Gasteiger partial charge is 0.373 e. The van der Waals surface area contributed by atoms with E-state index < -0.39 is 15.4 Å². The maximum absolute atomic E-state index is 13.9. The third-order valence-electron chi connectivity index (χ3n) is 6.87. The molecule has 1 aliphatic rings. The van der Waals surface area contributed by atoms with Crippen molar-refractivity contribution in [3.63, 3.8) is 0 Å². The predicted octanol–water partition coefficient (Wildman–Crippen LogP) is 4.37. The van der Waals surface area contributed by atoms with Crippen LogP contribution >= 0.6 is 0 Å². The third-order valence-corrected chi connectivity index (χ3v) is 8.82. The number of unbranched alkanes of at least 4 members (excludes halogenated alkanes) is 1. The van der Waals surface area contributed by atoms with Crippen molar-refractivity contribution in [3.05, 3.63) is 59.2 Å². The number of hydrogen-bond donors (Lipinski definition) is 2. The van der Waals surface area contributed by atoms with Crippen LogP contribution in [0.3, 0.4) is 0 Å². The van der Waals surface area contributed by atoms with Crippen molar-refractivity contribution in [1.29, 1.82) is 0 Å². The van der Waals surface area contributed by atoms with Gasteiger partial charge in [0, 0.05) is 18.0 Å². The molecule has 0 unspecified atom stereocenters. The van der Waals surface area contributed by atoms with Crippen LogP contribution in [0, 0.1) is 0 Å². The molecule has 1 amide bonds. The van der Waals surface area contributed by atoms with E-state index >= 15 is 0 Å². The molecule has 2 aromatic carbocycles. The highest BCUT2D eigenvalue weighted by molar-refractivity contribution is 7.91. The minimum atomic E-state index is -3.59. The molecule has 0 aromatic heterocycles.